The van der Waals surface area contributed by atoms with E-state index in [2.05, 4.69) is 9.97 Å². The van der Waals surface area contributed by atoms with Gasteiger partial charge in [0.1, 0.15) is 6.54 Å². The topological polar surface area (TPSA) is 64.5 Å². The van der Waals surface area contributed by atoms with E-state index in [1.54, 1.807) is 13.0 Å². The third-order valence-corrected chi connectivity index (χ3v) is 2.67. The zero-order chi connectivity index (χ0) is 15.7. The van der Waals surface area contributed by atoms with Crippen LogP contribution in [0.4, 0.5) is 5.95 Å². The molecular weight excluding hydrogens is 270 g/mol. The minimum Gasteiger partial charge on any atom is -0.478 e. The van der Waals surface area contributed by atoms with Gasteiger partial charge in [-0.2, -0.15) is 4.98 Å². The van der Waals surface area contributed by atoms with Crippen LogP contribution in [0.25, 0.3) is 0 Å². The Morgan fingerprint density at radius 2 is 2.00 bits per heavy atom. The molecule has 118 valence electrons. The van der Waals surface area contributed by atoms with Crippen molar-refractivity contribution in [1.82, 2.24) is 9.97 Å². The summed E-state index contributed by atoms with van der Waals surface area (Å²) in [6.45, 7) is 9.59. The molecule has 0 amide bonds. The quantitative estimate of drug-likeness (QED) is 0.652. The fourth-order valence-electron chi connectivity index (χ4n) is 1.83. The highest BCUT2D eigenvalue weighted by Crippen LogP contribution is 2.16. The Hall–Kier alpha value is -1.85. The average molecular weight is 295 g/mol. The zero-order valence-corrected chi connectivity index (χ0v) is 13.4. The van der Waals surface area contributed by atoms with Crippen molar-refractivity contribution in [3.05, 3.63) is 11.8 Å². The molecule has 0 aliphatic heterocycles. The van der Waals surface area contributed by atoms with E-state index in [9.17, 15) is 4.79 Å². The summed E-state index contributed by atoms with van der Waals surface area (Å²) >= 11 is 0. The molecule has 0 aliphatic rings. The van der Waals surface area contributed by atoms with Crippen molar-refractivity contribution in [3.8, 4) is 5.88 Å². The molecule has 1 heterocycles. The monoisotopic (exact) mass is 295 g/mol. The molecule has 0 bridgehead atoms. The number of rotatable bonds is 9. The van der Waals surface area contributed by atoms with E-state index in [1.165, 1.54) is 0 Å². The van der Waals surface area contributed by atoms with E-state index >= 15 is 0 Å². The number of nitrogens with zero attached hydrogens (tertiary/aromatic N) is 3. The molecule has 0 atom stereocenters. The molecule has 0 radical (unpaired) electrons. The highest BCUT2D eigenvalue weighted by molar-refractivity contribution is 5.75. The number of ether oxygens (including phenoxy) is 2. The summed E-state index contributed by atoms with van der Waals surface area (Å²) in [5, 5.41) is 0. The first-order valence-electron chi connectivity index (χ1n) is 7.49. The summed E-state index contributed by atoms with van der Waals surface area (Å²) in [6, 6.07) is 1.80. The Morgan fingerprint density at radius 1 is 1.24 bits per heavy atom. The Balaban J connectivity index is 2.90. The molecule has 1 aromatic rings. The van der Waals surface area contributed by atoms with Crippen molar-refractivity contribution in [2.24, 2.45) is 0 Å². The minimum atomic E-state index is -0.271. The summed E-state index contributed by atoms with van der Waals surface area (Å²) in [6.07, 6.45) is 1.81. The van der Waals surface area contributed by atoms with Crippen LogP contribution in [0.3, 0.4) is 0 Å². The van der Waals surface area contributed by atoms with Gasteiger partial charge in [-0.25, -0.2) is 4.98 Å². The Bertz CT molecular complexity index is 452. The van der Waals surface area contributed by atoms with Crippen molar-refractivity contribution in [3.63, 3.8) is 0 Å². The number of hydrogen-bond donors (Lipinski definition) is 0. The predicted octanol–water partition coefficient (Wildman–Crippen LogP) is 2.35. The van der Waals surface area contributed by atoms with Gasteiger partial charge >= 0.3 is 5.97 Å². The summed E-state index contributed by atoms with van der Waals surface area (Å²) in [5.74, 6) is 0.785. The lowest BCUT2D eigenvalue weighted by Gasteiger charge is -2.21. The van der Waals surface area contributed by atoms with Crippen LogP contribution in [0.5, 0.6) is 5.88 Å². The lowest BCUT2D eigenvalue weighted by molar-refractivity contribution is -0.141. The molecule has 0 saturated carbocycles. The Kier molecular flexibility index (Phi) is 7.50. The Labute approximate surface area is 126 Å². The van der Waals surface area contributed by atoms with E-state index in [4.69, 9.17) is 9.47 Å². The first-order chi connectivity index (χ1) is 10.1. The van der Waals surface area contributed by atoms with Crippen LogP contribution in [0.15, 0.2) is 6.07 Å². The summed E-state index contributed by atoms with van der Waals surface area (Å²) in [7, 11) is 0. The van der Waals surface area contributed by atoms with Crippen molar-refractivity contribution >= 4 is 11.9 Å². The SMILES string of the molecule is CCCOc1cc(C)nc(N(CCC)CC(=O)OCC)n1. The largest absolute Gasteiger partial charge is 0.478 e. The van der Waals surface area contributed by atoms with Gasteiger partial charge in [0.05, 0.1) is 13.2 Å². The van der Waals surface area contributed by atoms with Crippen LogP contribution >= 0.6 is 0 Å². The molecule has 1 rings (SSSR count). The highest BCUT2D eigenvalue weighted by Gasteiger charge is 2.15. The maximum Gasteiger partial charge on any atom is 0.325 e. The van der Waals surface area contributed by atoms with Crippen LogP contribution < -0.4 is 9.64 Å². The summed E-state index contributed by atoms with van der Waals surface area (Å²) in [4.78, 5) is 22.3. The molecule has 0 aliphatic carbocycles. The van der Waals surface area contributed by atoms with Gasteiger partial charge in [-0.3, -0.25) is 4.79 Å². The zero-order valence-electron chi connectivity index (χ0n) is 13.4. The summed E-state index contributed by atoms with van der Waals surface area (Å²) < 4.78 is 10.6. The first-order valence-corrected chi connectivity index (χ1v) is 7.49. The van der Waals surface area contributed by atoms with Gasteiger partial charge in [-0.15, -0.1) is 0 Å². The second kappa shape index (κ2) is 9.15. The molecule has 0 saturated heterocycles. The fourth-order valence-corrected chi connectivity index (χ4v) is 1.83. The second-order valence-electron chi connectivity index (χ2n) is 4.72. The number of carbonyl (C=O) groups is 1. The van der Waals surface area contributed by atoms with E-state index in [0.717, 1.165) is 18.5 Å². The van der Waals surface area contributed by atoms with Gasteiger partial charge in [0.2, 0.25) is 11.8 Å². The van der Waals surface area contributed by atoms with Crippen molar-refractivity contribution in [2.45, 2.75) is 40.5 Å². The molecule has 21 heavy (non-hydrogen) atoms. The van der Waals surface area contributed by atoms with E-state index < -0.39 is 0 Å². The molecular formula is C15H25N3O3. The third kappa shape index (κ3) is 5.97. The second-order valence-corrected chi connectivity index (χ2v) is 4.72. The lowest BCUT2D eigenvalue weighted by Crippen LogP contribution is -2.33. The fraction of sp³-hybridized carbons (Fsp3) is 0.667. The highest BCUT2D eigenvalue weighted by atomic mass is 16.5. The molecule has 0 fully saturated rings. The molecule has 6 heteroatoms. The van der Waals surface area contributed by atoms with E-state index in [0.29, 0.717) is 31.6 Å². The summed E-state index contributed by atoms with van der Waals surface area (Å²) in [5.41, 5.74) is 0.816. The maximum atomic E-state index is 11.7. The first kappa shape index (κ1) is 17.2. The van der Waals surface area contributed by atoms with Crippen LogP contribution in [-0.2, 0) is 9.53 Å². The molecule has 0 spiro atoms. The number of aryl methyl sites for hydroxylation is 1. The third-order valence-electron chi connectivity index (χ3n) is 2.67. The van der Waals surface area contributed by atoms with Crippen molar-refractivity contribution < 1.29 is 14.3 Å². The number of esters is 1. The number of carbonyl (C=O) groups excluding carboxylic acids is 1. The van der Waals surface area contributed by atoms with Gasteiger partial charge in [0, 0.05) is 18.3 Å². The van der Waals surface area contributed by atoms with Gasteiger partial charge in [-0.05, 0) is 26.7 Å². The number of anilines is 1. The van der Waals surface area contributed by atoms with Crippen molar-refractivity contribution in [1.29, 1.82) is 0 Å². The van der Waals surface area contributed by atoms with Crippen LogP contribution in [-0.4, -0.2) is 42.2 Å². The molecule has 6 nitrogen and oxygen atoms in total. The normalized spacial score (nSPS) is 10.3. The smallest absolute Gasteiger partial charge is 0.325 e. The Morgan fingerprint density at radius 3 is 2.62 bits per heavy atom. The predicted molar refractivity (Wildman–Crippen MR) is 81.7 cm³/mol. The van der Waals surface area contributed by atoms with E-state index in [1.807, 2.05) is 25.7 Å². The van der Waals surface area contributed by atoms with Crippen LogP contribution in [0.2, 0.25) is 0 Å². The van der Waals surface area contributed by atoms with Gasteiger partial charge < -0.3 is 14.4 Å². The number of aromatic nitrogens is 2. The van der Waals surface area contributed by atoms with Crippen LogP contribution in [0, 0.1) is 6.92 Å². The molecule has 0 aromatic carbocycles. The van der Waals surface area contributed by atoms with Gasteiger partial charge in [0.15, 0.2) is 0 Å². The molecule has 0 N–H and O–H groups in total. The molecule has 0 unspecified atom stereocenters. The average Bonchev–Trinajstić information content (AvgIpc) is 2.44. The number of hydrogen-bond acceptors (Lipinski definition) is 6. The molecule has 1 aromatic heterocycles. The van der Waals surface area contributed by atoms with Gasteiger partial charge in [0.25, 0.3) is 0 Å². The lowest BCUT2D eigenvalue weighted by atomic mass is 10.4. The maximum absolute atomic E-state index is 11.7. The minimum absolute atomic E-state index is 0.151. The standard InChI is InChI=1S/C15H25N3O3/c1-5-8-18(11-14(19)20-7-3)15-16-12(4)10-13(17-15)21-9-6-2/h10H,5-9,11H2,1-4H3. The van der Waals surface area contributed by atoms with Crippen LogP contribution in [0.1, 0.15) is 39.3 Å². The van der Waals surface area contributed by atoms with Crippen molar-refractivity contribution in [2.75, 3.05) is 31.2 Å². The van der Waals surface area contributed by atoms with E-state index in [-0.39, 0.29) is 12.5 Å². The van der Waals surface area contributed by atoms with Gasteiger partial charge in [-0.1, -0.05) is 13.8 Å².